The van der Waals surface area contributed by atoms with Crippen molar-refractivity contribution in [1.29, 1.82) is 0 Å². The average molecular weight is 407 g/mol. The van der Waals surface area contributed by atoms with Crippen LogP contribution in [0.5, 0.6) is 11.5 Å². The van der Waals surface area contributed by atoms with Crippen LogP contribution in [-0.2, 0) is 4.79 Å². The van der Waals surface area contributed by atoms with Crippen molar-refractivity contribution in [3.63, 3.8) is 0 Å². The van der Waals surface area contributed by atoms with E-state index >= 15 is 0 Å². The number of anilines is 1. The van der Waals surface area contributed by atoms with Gasteiger partial charge in [0.15, 0.2) is 11.5 Å². The Kier molecular flexibility index (Phi) is 5.97. The number of carbonyl (C=O) groups is 2. The standard InChI is InChI=1S/C23H25N3O4/c1-15(25-26-23(28)18-9-12-20-21(13-18)30-14-29-20)16-7-10-19(11-8-16)24-22(27)17-5-3-2-4-6-17/h7-13,17H,2-6,14H2,1H3,(H,24,27)(H,26,28). The molecule has 1 heterocycles. The molecule has 0 bridgehead atoms. The van der Waals surface area contributed by atoms with Gasteiger partial charge in [0.25, 0.3) is 5.91 Å². The molecule has 1 aliphatic carbocycles. The van der Waals surface area contributed by atoms with E-state index in [0.29, 0.717) is 22.8 Å². The first kappa shape index (κ1) is 19.9. The fourth-order valence-electron chi connectivity index (χ4n) is 3.71. The van der Waals surface area contributed by atoms with E-state index in [4.69, 9.17) is 9.47 Å². The van der Waals surface area contributed by atoms with Crippen LogP contribution in [-0.4, -0.2) is 24.3 Å². The van der Waals surface area contributed by atoms with Crippen molar-refractivity contribution in [2.24, 2.45) is 11.0 Å². The Morgan fingerprint density at radius 3 is 2.40 bits per heavy atom. The number of fused-ring (bicyclic) bond motifs is 1. The fourth-order valence-corrected chi connectivity index (χ4v) is 3.71. The van der Waals surface area contributed by atoms with Gasteiger partial charge < -0.3 is 14.8 Å². The Morgan fingerprint density at radius 2 is 1.63 bits per heavy atom. The van der Waals surface area contributed by atoms with Crippen LogP contribution < -0.4 is 20.2 Å². The molecule has 30 heavy (non-hydrogen) atoms. The molecule has 0 unspecified atom stereocenters. The minimum absolute atomic E-state index is 0.101. The largest absolute Gasteiger partial charge is 0.454 e. The van der Waals surface area contributed by atoms with Gasteiger partial charge >= 0.3 is 0 Å². The Balaban J connectivity index is 1.34. The lowest BCUT2D eigenvalue weighted by Crippen LogP contribution is -2.24. The molecule has 2 aliphatic rings. The Bertz CT molecular complexity index is 963. The summed E-state index contributed by atoms with van der Waals surface area (Å²) in [5.41, 5.74) is 5.29. The van der Waals surface area contributed by atoms with Crippen molar-refractivity contribution in [2.45, 2.75) is 39.0 Å². The van der Waals surface area contributed by atoms with Gasteiger partial charge in [-0.3, -0.25) is 9.59 Å². The lowest BCUT2D eigenvalue weighted by atomic mass is 9.88. The third-order valence-electron chi connectivity index (χ3n) is 5.51. The molecule has 0 aromatic heterocycles. The minimum Gasteiger partial charge on any atom is -0.454 e. The van der Waals surface area contributed by atoms with Crippen LogP contribution in [0.1, 0.15) is 54.9 Å². The number of rotatable bonds is 5. The van der Waals surface area contributed by atoms with Crippen LogP contribution in [0.25, 0.3) is 0 Å². The number of ether oxygens (including phenoxy) is 2. The van der Waals surface area contributed by atoms with Gasteiger partial charge in [-0.2, -0.15) is 5.10 Å². The van der Waals surface area contributed by atoms with E-state index in [1.165, 1.54) is 6.42 Å². The second-order valence-electron chi connectivity index (χ2n) is 7.61. The molecular weight excluding hydrogens is 382 g/mol. The quantitative estimate of drug-likeness (QED) is 0.577. The lowest BCUT2D eigenvalue weighted by Gasteiger charge is -2.20. The van der Waals surface area contributed by atoms with E-state index in [0.717, 1.165) is 36.9 Å². The molecule has 1 fully saturated rings. The lowest BCUT2D eigenvalue weighted by molar-refractivity contribution is -0.120. The van der Waals surface area contributed by atoms with Crippen molar-refractivity contribution < 1.29 is 19.1 Å². The van der Waals surface area contributed by atoms with E-state index in [2.05, 4.69) is 15.8 Å². The second-order valence-corrected chi connectivity index (χ2v) is 7.61. The number of carbonyl (C=O) groups excluding carboxylic acids is 2. The smallest absolute Gasteiger partial charge is 0.271 e. The summed E-state index contributed by atoms with van der Waals surface area (Å²) in [6, 6.07) is 12.5. The zero-order valence-electron chi connectivity index (χ0n) is 16.9. The van der Waals surface area contributed by atoms with Crippen LogP contribution in [0.15, 0.2) is 47.6 Å². The predicted octanol–water partition coefficient (Wildman–Crippen LogP) is 4.09. The van der Waals surface area contributed by atoms with Crippen LogP contribution >= 0.6 is 0 Å². The zero-order chi connectivity index (χ0) is 20.9. The molecule has 0 spiro atoms. The third kappa shape index (κ3) is 4.62. The topological polar surface area (TPSA) is 89.0 Å². The number of hydrogen-bond donors (Lipinski definition) is 2. The first-order valence-electron chi connectivity index (χ1n) is 10.3. The van der Waals surface area contributed by atoms with Crippen LogP contribution in [0.2, 0.25) is 0 Å². The maximum absolute atomic E-state index is 12.4. The number of benzene rings is 2. The van der Waals surface area contributed by atoms with Gasteiger partial charge in [0.1, 0.15) is 0 Å². The molecule has 2 aromatic carbocycles. The van der Waals surface area contributed by atoms with Crippen molar-refractivity contribution >= 4 is 23.2 Å². The summed E-state index contributed by atoms with van der Waals surface area (Å²) >= 11 is 0. The summed E-state index contributed by atoms with van der Waals surface area (Å²) < 4.78 is 10.5. The van der Waals surface area contributed by atoms with Crippen LogP contribution in [0, 0.1) is 5.92 Å². The second kappa shape index (κ2) is 8.98. The molecule has 2 aromatic rings. The van der Waals surface area contributed by atoms with E-state index in [1.807, 2.05) is 31.2 Å². The number of hydrogen-bond acceptors (Lipinski definition) is 5. The molecule has 156 valence electrons. The van der Waals surface area contributed by atoms with Crippen molar-refractivity contribution in [1.82, 2.24) is 5.43 Å². The highest BCUT2D eigenvalue weighted by Crippen LogP contribution is 2.32. The maximum Gasteiger partial charge on any atom is 0.271 e. The summed E-state index contributed by atoms with van der Waals surface area (Å²) in [6.45, 7) is 1.98. The minimum atomic E-state index is -0.330. The first-order valence-corrected chi connectivity index (χ1v) is 10.3. The summed E-state index contributed by atoms with van der Waals surface area (Å²) in [7, 11) is 0. The molecule has 2 N–H and O–H groups in total. The SMILES string of the molecule is CC(=NNC(=O)c1ccc2c(c1)OCO2)c1ccc(NC(=O)C2CCCCC2)cc1. The first-order chi connectivity index (χ1) is 14.6. The van der Waals surface area contributed by atoms with Crippen molar-refractivity contribution in [3.8, 4) is 11.5 Å². The molecular formula is C23H25N3O4. The maximum atomic E-state index is 12.4. The van der Waals surface area contributed by atoms with E-state index in [1.54, 1.807) is 18.2 Å². The van der Waals surface area contributed by atoms with Crippen molar-refractivity contribution in [2.75, 3.05) is 12.1 Å². The van der Waals surface area contributed by atoms with E-state index < -0.39 is 0 Å². The molecule has 0 saturated heterocycles. The molecule has 0 atom stereocenters. The molecule has 2 amide bonds. The Hall–Kier alpha value is -3.35. The number of nitrogens with zero attached hydrogens (tertiary/aromatic N) is 1. The van der Waals surface area contributed by atoms with Gasteiger partial charge in [0, 0.05) is 17.2 Å². The Labute approximate surface area is 175 Å². The average Bonchev–Trinajstić information content (AvgIpc) is 3.26. The summed E-state index contributed by atoms with van der Waals surface area (Å²) in [5.74, 6) is 1.07. The molecule has 1 saturated carbocycles. The summed E-state index contributed by atoms with van der Waals surface area (Å²) in [4.78, 5) is 24.7. The molecule has 1 aliphatic heterocycles. The Morgan fingerprint density at radius 1 is 0.933 bits per heavy atom. The third-order valence-corrected chi connectivity index (χ3v) is 5.51. The van der Waals surface area contributed by atoms with E-state index in [-0.39, 0.29) is 24.5 Å². The highest BCUT2D eigenvalue weighted by Gasteiger charge is 2.21. The number of amides is 2. The van der Waals surface area contributed by atoms with E-state index in [9.17, 15) is 9.59 Å². The van der Waals surface area contributed by atoms with Crippen LogP contribution in [0.4, 0.5) is 5.69 Å². The number of hydrazone groups is 1. The highest BCUT2D eigenvalue weighted by atomic mass is 16.7. The van der Waals surface area contributed by atoms with Gasteiger partial charge in [0.05, 0.1) is 5.71 Å². The van der Waals surface area contributed by atoms with Gasteiger partial charge in [0.2, 0.25) is 12.7 Å². The molecule has 4 rings (SSSR count). The number of nitrogens with one attached hydrogen (secondary N) is 2. The highest BCUT2D eigenvalue weighted by molar-refractivity contribution is 6.01. The van der Waals surface area contributed by atoms with Gasteiger partial charge in [-0.1, -0.05) is 31.4 Å². The van der Waals surface area contributed by atoms with Crippen LogP contribution in [0.3, 0.4) is 0 Å². The molecule has 7 nitrogen and oxygen atoms in total. The van der Waals surface area contributed by atoms with Gasteiger partial charge in [-0.15, -0.1) is 0 Å². The zero-order valence-corrected chi connectivity index (χ0v) is 16.9. The summed E-state index contributed by atoms with van der Waals surface area (Å²) in [5, 5.41) is 7.19. The van der Waals surface area contributed by atoms with Crippen molar-refractivity contribution in [3.05, 3.63) is 53.6 Å². The summed E-state index contributed by atoms with van der Waals surface area (Å²) in [6.07, 6.45) is 5.43. The normalized spacial score (nSPS) is 16.2. The van der Waals surface area contributed by atoms with Gasteiger partial charge in [-0.05, 0) is 55.7 Å². The predicted molar refractivity (Wildman–Crippen MR) is 114 cm³/mol. The van der Waals surface area contributed by atoms with Gasteiger partial charge in [-0.25, -0.2) is 5.43 Å². The fraction of sp³-hybridized carbons (Fsp3) is 0.348. The molecule has 0 radical (unpaired) electrons. The monoisotopic (exact) mass is 407 g/mol. The molecule has 7 heteroatoms.